The van der Waals surface area contributed by atoms with Crippen LogP contribution in [-0.2, 0) is 22.6 Å². The maximum Gasteiger partial charge on any atom is 0.408 e. The first kappa shape index (κ1) is 23.1. The normalized spacial score (nSPS) is 11.7. The van der Waals surface area contributed by atoms with Crippen LogP contribution in [0.3, 0.4) is 0 Å². The number of amides is 1. The third kappa shape index (κ3) is 5.97. The molecule has 0 radical (unpaired) electrons. The van der Waals surface area contributed by atoms with Crippen molar-refractivity contribution in [2.24, 2.45) is 0 Å². The lowest BCUT2D eigenvalue weighted by Gasteiger charge is -2.16. The van der Waals surface area contributed by atoms with E-state index in [4.69, 9.17) is 13.9 Å². The highest BCUT2D eigenvalue weighted by molar-refractivity contribution is 5.91. The highest BCUT2D eigenvalue weighted by atomic mass is 16.6. The van der Waals surface area contributed by atoms with E-state index in [9.17, 15) is 14.4 Å². The van der Waals surface area contributed by atoms with Crippen LogP contribution < -0.4 is 15.7 Å². The summed E-state index contributed by atoms with van der Waals surface area (Å²) in [5, 5.41) is 3.08. The number of esters is 1. The van der Waals surface area contributed by atoms with Crippen molar-refractivity contribution >= 4 is 23.0 Å². The Morgan fingerprint density at radius 1 is 1.12 bits per heavy atom. The minimum absolute atomic E-state index is 0.0940. The zero-order chi connectivity index (χ0) is 23.1. The fraction of sp³-hybridized carbons (Fsp3) is 0.320. The van der Waals surface area contributed by atoms with Gasteiger partial charge < -0.3 is 19.2 Å². The number of unbranched alkanes of at least 4 members (excludes halogenated alkanes) is 1. The van der Waals surface area contributed by atoms with Crippen molar-refractivity contribution < 1.29 is 23.5 Å². The van der Waals surface area contributed by atoms with Gasteiger partial charge in [0, 0.05) is 6.07 Å². The summed E-state index contributed by atoms with van der Waals surface area (Å²) < 4.78 is 16.1. The van der Waals surface area contributed by atoms with E-state index < -0.39 is 23.7 Å². The van der Waals surface area contributed by atoms with Gasteiger partial charge in [-0.15, -0.1) is 0 Å². The molecule has 1 aromatic heterocycles. The number of fused-ring (bicyclic) bond motifs is 1. The molecule has 0 saturated heterocycles. The van der Waals surface area contributed by atoms with Gasteiger partial charge in [-0.3, -0.25) is 0 Å². The Hall–Kier alpha value is -3.61. The second kappa shape index (κ2) is 10.6. The number of carbonyl (C=O) groups excluding carboxylic acids is 2. The summed E-state index contributed by atoms with van der Waals surface area (Å²) in [4.78, 5) is 36.7. The maximum absolute atomic E-state index is 12.7. The maximum atomic E-state index is 12.7. The van der Waals surface area contributed by atoms with E-state index in [1.807, 2.05) is 37.3 Å². The standard InChI is InChI=1S/C25H27NO6/c1-4-5-11-19-14-22(27)31-20-12-16(2)13-21(23(19)20)32-24(28)17(3)26-25(29)30-15-18-9-7-6-8-10-18/h6-10,12-14,17H,4-5,11,15H2,1-3H3,(H,26,29). The molecule has 0 bridgehead atoms. The van der Waals surface area contributed by atoms with E-state index in [2.05, 4.69) is 12.2 Å². The van der Waals surface area contributed by atoms with Gasteiger partial charge in [0.2, 0.25) is 0 Å². The molecule has 7 heteroatoms. The van der Waals surface area contributed by atoms with Gasteiger partial charge in [0.15, 0.2) is 0 Å². The van der Waals surface area contributed by atoms with Gasteiger partial charge >= 0.3 is 17.7 Å². The molecule has 1 amide bonds. The van der Waals surface area contributed by atoms with Crippen LogP contribution in [0.4, 0.5) is 4.79 Å². The van der Waals surface area contributed by atoms with E-state index in [1.165, 1.54) is 13.0 Å². The molecule has 7 nitrogen and oxygen atoms in total. The first-order valence-electron chi connectivity index (χ1n) is 10.6. The molecule has 3 aromatic rings. The number of hydrogen-bond donors (Lipinski definition) is 1. The first-order chi connectivity index (χ1) is 15.4. The van der Waals surface area contributed by atoms with Gasteiger partial charge in [0.25, 0.3) is 0 Å². The molecule has 0 spiro atoms. The van der Waals surface area contributed by atoms with Gasteiger partial charge in [0.1, 0.15) is 24.0 Å². The van der Waals surface area contributed by atoms with Crippen molar-refractivity contribution in [3.63, 3.8) is 0 Å². The molecule has 168 valence electrons. The molecule has 1 unspecified atom stereocenters. The van der Waals surface area contributed by atoms with Crippen LogP contribution in [0.2, 0.25) is 0 Å². The molecule has 0 aliphatic carbocycles. The van der Waals surface area contributed by atoms with Crippen LogP contribution in [0.1, 0.15) is 43.4 Å². The molecule has 2 aromatic carbocycles. The van der Waals surface area contributed by atoms with Crippen LogP contribution in [0.25, 0.3) is 11.0 Å². The van der Waals surface area contributed by atoms with Crippen molar-refractivity contribution in [2.45, 2.75) is 52.7 Å². The summed E-state index contributed by atoms with van der Waals surface area (Å²) in [6.45, 7) is 5.49. The topological polar surface area (TPSA) is 94.8 Å². The van der Waals surface area contributed by atoms with Gasteiger partial charge in [-0.25, -0.2) is 14.4 Å². The van der Waals surface area contributed by atoms with Gasteiger partial charge in [-0.1, -0.05) is 43.7 Å². The lowest BCUT2D eigenvalue weighted by atomic mass is 10.0. The van der Waals surface area contributed by atoms with Crippen LogP contribution in [0.15, 0.2) is 57.7 Å². The summed E-state index contributed by atoms with van der Waals surface area (Å²) in [6.07, 6.45) is 1.77. The summed E-state index contributed by atoms with van der Waals surface area (Å²) in [5.74, 6) is -0.354. The summed E-state index contributed by atoms with van der Waals surface area (Å²) in [7, 11) is 0. The molecule has 3 rings (SSSR count). The molecule has 0 aliphatic rings. The highest BCUT2D eigenvalue weighted by Gasteiger charge is 2.21. The molecular weight excluding hydrogens is 410 g/mol. The zero-order valence-corrected chi connectivity index (χ0v) is 18.5. The number of alkyl carbamates (subject to hydrolysis) is 1. The van der Waals surface area contributed by atoms with E-state index in [0.29, 0.717) is 23.1 Å². The Bertz CT molecular complexity index is 1150. The van der Waals surface area contributed by atoms with Crippen molar-refractivity contribution in [3.8, 4) is 5.75 Å². The first-order valence-corrected chi connectivity index (χ1v) is 10.6. The third-order valence-corrected chi connectivity index (χ3v) is 4.94. The number of nitrogens with one attached hydrogen (secondary N) is 1. The van der Waals surface area contributed by atoms with Crippen LogP contribution in [0.5, 0.6) is 5.75 Å². The van der Waals surface area contributed by atoms with Gasteiger partial charge in [0.05, 0.1) is 5.39 Å². The lowest BCUT2D eigenvalue weighted by molar-refractivity contribution is -0.136. The number of benzene rings is 2. The molecule has 0 aliphatic heterocycles. The number of hydrogen-bond acceptors (Lipinski definition) is 6. The lowest BCUT2D eigenvalue weighted by Crippen LogP contribution is -2.41. The Morgan fingerprint density at radius 3 is 2.59 bits per heavy atom. The predicted octanol–water partition coefficient (Wildman–Crippen LogP) is 4.66. The average Bonchev–Trinajstić information content (AvgIpc) is 2.76. The molecule has 1 N–H and O–H groups in total. The minimum atomic E-state index is -0.941. The molecule has 1 atom stereocenters. The number of aryl methyl sites for hydroxylation is 2. The minimum Gasteiger partial charge on any atom is -0.445 e. The van der Waals surface area contributed by atoms with E-state index >= 15 is 0 Å². The SMILES string of the molecule is CCCCc1cc(=O)oc2cc(C)cc(OC(=O)C(C)NC(=O)OCc3ccccc3)c12. The van der Waals surface area contributed by atoms with Crippen LogP contribution >= 0.6 is 0 Å². The Morgan fingerprint density at radius 2 is 1.88 bits per heavy atom. The molecule has 0 fully saturated rings. The van der Waals surface area contributed by atoms with E-state index in [0.717, 1.165) is 29.5 Å². The van der Waals surface area contributed by atoms with Crippen LogP contribution in [0, 0.1) is 6.92 Å². The van der Waals surface area contributed by atoms with Gasteiger partial charge in [-0.05, 0) is 55.5 Å². The van der Waals surface area contributed by atoms with E-state index in [1.54, 1.807) is 12.1 Å². The molecule has 0 saturated carbocycles. The summed E-state index contributed by atoms with van der Waals surface area (Å²) in [5.41, 5.74) is 2.31. The third-order valence-electron chi connectivity index (χ3n) is 4.94. The fourth-order valence-electron chi connectivity index (χ4n) is 3.31. The Balaban J connectivity index is 1.73. The van der Waals surface area contributed by atoms with Crippen molar-refractivity contribution in [1.29, 1.82) is 0 Å². The molecule has 1 heterocycles. The van der Waals surface area contributed by atoms with Crippen molar-refractivity contribution in [2.75, 3.05) is 0 Å². The number of rotatable bonds is 8. The van der Waals surface area contributed by atoms with E-state index in [-0.39, 0.29) is 6.61 Å². The smallest absolute Gasteiger partial charge is 0.408 e. The Kier molecular flexibility index (Phi) is 7.65. The average molecular weight is 437 g/mol. The fourth-order valence-corrected chi connectivity index (χ4v) is 3.31. The van der Waals surface area contributed by atoms with Crippen molar-refractivity contribution in [1.82, 2.24) is 5.32 Å². The van der Waals surface area contributed by atoms with Crippen LogP contribution in [-0.4, -0.2) is 18.1 Å². The second-order valence-electron chi connectivity index (χ2n) is 7.68. The quantitative estimate of drug-likeness (QED) is 0.313. The highest BCUT2D eigenvalue weighted by Crippen LogP contribution is 2.31. The number of carbonyl (C=O) groups is 2. The summed E-state index contributed by atoms with van der Waals surface area (Å²) >= 11 is 0. The number of ether oxygens (including phenoxy) is 2. The second-order valence-corrected chi connectivity index (χ2v) is 7.68. The largest absolute Gasteiger partial charge is 0.445 e. The Labute approximate surface area is 186 Å². The molecular formula is C25H27NO6. The van der Waals surface area contributed by atoms with Gasteiger partial charge in [-0.2, -0.15) is 0 Å². The molecule has 32 heavy (non-hydrogen) atoms. The summed E-state index contributed by atoms with van der Waals surface area (Å²) in [6, 6.07) is 13.2. The predicted molar refractivity (Wildman–Crippen MR) is 121 cm³/mol. The zero-order valence-electron chi connectivity index (χ0n) is 18.5. The monoisotopic (exact) mass is 437 g/mol. The van der Waals surface area contributed by atoms with Crippen molar-refractivity contribution in [3.05, 3.63) is 75.6 Å².